The van der Waals surface area contributed by atoms with Crippen molar-refractivity contribution in [2.24, 2.45) is 5.41 Å². The lowest BCUT2D eigenvalue weighted by Crippen LogP contribution is -1.98. The van der Waals surface area contributed by atoms with Gasteiger partial charge in [-0.15, -0.1) is 0 Å². The Morgan fingerprint density at radius 1 is 0.397 bits per heavy atom. The molecule has 0 N–H and O–H groups in total. The van der Waals surface area contributed by atoms with Crippen LogP contribution in [0.3, 0.4) is 0 Å². The number of hydrogen-bond acceptors (Lipinski definition) is 1. The molecule has 8 aromatic rings. The molecule has 4 saturated carbocycles. The van der Waals surface area contributed by atoms with E-state index in [0.29, 0.717) is 45.8 Å². The zero-order valence-corrected chi connectivity index (χ0v) is 49.1. The van der Waals surface area contributed by atoms with Gasteiger partial charge in [0, 0.05) is 0 Å². The molecule has 12 rings (SSSR count). The maximum atomic E-state index is 9.43. The molecular weight excluding hydrogens is 939 g/mol. The minimum Gasteiger partial charge on any atom is -0.192 e. The van der Waals surface area contributed by atoms with Crippen LogP contribution in [-0.4, -0.2) is 0 Å². The van der Waals surface area contributed by atoms with Gasteiger partial charge in [0.05, 0.1) is 11.6 Å². The minimum absolute atomic E-state index is 0.471. The Kier molecular flexibility index (Phi) is 17.3. The van der Waals surface area contributed by atoms with Crippen LogP contribution in [0.5, 0.6) is 0 Å². The van der Waals surface area contributed by atoms with E-state index < -0.39 is 0 Å². The van der Waals surface area contributed by atoms with Crippen molar-refractivity contribution in [3.05, 3.63) is 238 Å². The largest absolute Gasteiger partial charge is 0.192 e. The van der Waals surface area contributed by atoms with Crippen LogP contribution in [0.2, 0.25) is 0 Å². The van der Waals surface area contributed by atoms with Crippen molar-refractivity contribution in [2.75, 3.05) is 0 Å². The Hall–Kier alpha value is -6.75. The highest BCUT2D eigenvalue weighted by Gasteiger charge is 2.40. The van der Waals surface area contributed by atoms with Crippen LogP contribution in [0.1, 0.15) is 207 Å². The molecule has 4 aliphatic carbocycles. The molecule has 1 heteroatoms. The van der Waals surface area contributed by atoms with E-state index in [9.17, 15) is 5.26 Å². The molecular formula is C77H87N. The molecule has 0 radical (unpaired) electrons. The topological polar surface area (TPSA) is 23.8 Å². The molecule has 0 atom stereocenters. The number of rotatable bonds is 13. The monoisotopic (exact) mass is 1030 g/mol. The van der Waals surface area contributed by atoms with Gasteiger partial charge in [-0.3, -0.25) is 0 Å². The molecule has 0 aliphatic heterocycles. The van der Waals surface area contributed by atoms with Crippen molar-refractivity contribution in [2.45, 2.75) is 174 Å². The summed E-state index contributed by atoms with van der Waals surface area (Å²) >= 11 is 0. The summed E-state index contributed by atoms with van der Waals surface area (Å²) in [4.78, 5) is 0. The van der Waals surface area contributed by atoms with Crippen LogP contribution in [0.4, 0.5) is 0 Å². The van der Waals surface area contributed by atoms with Crippen LogP contribution in [0, 0.1) is 16.7 Å². The van der Waals surface area contributed by atoms with Gasteiger partial charge in [-0.2, -0.15) is 5.26 Å². The normalized spacial score (nSPS) is 16.0. The molecule has 4 fully saturated rings. The number of hydrogen-bond donors (Lipinski definition) is 0. The highest BCUT2D eigenvalue weighted by Crippen LogP contribution is 2.50. The molecule has 1 nitrogen and oxygen atoms in total. The van der Waals surface area contributed by atoms with E-state index in [2.05, 4.69) is 270 Å². The maximum Gasteiger partial charge on any atom is 0.0998 e. The lowest BCUT2D eigenvalue weighted by Gasteiger charge is -2.11. The second kappa shape index (κ2) is 24.1. The first-order chi connectivity index (χ1) is 37.4. The predicted octanol–water partition coefficient (Wildman–Crippen LogP) is 22.1. The molecule has 78 heavy (non-hydrogen) atoms. The number of benzene rings is 8. The van der Waals surface area contributed by atoms with Crippen molar-refractivity contribution in [1.82, 2.24) is 0 Å². The maximum absolute atomic E-state index is 9.43. The Balaban J connectivity index is 0.000000126. The van der Waals surface area contributed by atoms with Crippen molar-refractivity contribution in [3.63, 3.8) is 0 Å². The van der Waals surface area contributed by atoms with E-state index >= 15 is 0 Å². The number of nitrogens with zero attached hydrogens (tertiary/aromatic N) is 1. The summed E-state index contributed by atoms with van der Waals surface area (Å²) in [6, 6.07) is 71.5. The third-order valence-electron chi connectivity index (χ3n) is 17.6. The zero-order chi connectivity index (χ0) is 55.2. The molecule has 0 bridgehead atoms. The van der Waals surface area contributed by atoms with E-state index in [1.165, 1.54) is 136 Å². The van der Waals surface area contributed by atoms with E-state index in [-0.39, 0.29) is 0 Å². The SMILES string of the molecule is CC(C)c1cccc(-c2ccc(C3(C)CC3)cc2)c1.CC(C)c1cccc(-c2ccc(C3(C)CC3)cc2)c1.CC(C)c1cccc(-c2ccc(C3CC3)cc2C#N)c1.CC(C)c1cccc(-c2ccc(CC3(C)CC3)cc2)c1. The van der Waals surface area contributed by atoms with Crippen molar-refractivity contribution in [3.8, 4) is 50.6 Å². The fourth-order valence-electron chi connectivity index (χ4n) is 10.7. The first kappa shape index (κ1) is 56.0. The van der Waals surface area contributed by atoms with Gasteiger partial charge in [0.15, 0.2) is 0 Å². The standard InChI is InChI=1S/C20H24.C19H19N.2C19H22/c1-15(2)18-5-4-6-19(13-18)17-9-7-16(8-10-17)14-20(3)11-12-20;1-13(2)15-4-3-5-17(10-15)19-9-8-16(14-6-7-14)11-18(19)12-20;2*1-14(2)16-5-4-6-17(13-16)15-7-9-18(10-8-15)19(3)11-12-19/h4-10,13,15H,11-12,14H2,1-3H3;3-5,8-11,13-14H,6-7H2,1-2H3;2*4-10,13-14H,11-12H2,1-3H3. The lowest BCUT2D eigenvalue weighted by molar-refractivity contribution is 0.570. The molecule has 4 aliphatic rings. The average molecular weight is 1030 g/mol. The van der Waals surface area contributed by atoms with Gasteiger partial charge >= 0.3 is 0 Å². The lowest BCUT2D eigenvalue weighted by atomic mass is 9.93. The molecule has 0 heterocycles. The first-order valence-corrected chi connectivity index (χ1v) is 29.7. The molecule has 0 spiro atoms. The molecule has 0 saturated heterocycles. The smallest absolute Gasteiger partial charge is 0.0998 e. The van der Waals surface area contributed by atoms with E-state index in [0.717, 1.165) is 16.7 Å². The fourth-order valence-corrected chi connectivity index (χ4v) is 10.7. The van der Waals surface area contributed by atoms with Gasteiger partial charge in [-0.25, -0.2) is 0 Å². The molecule has 8 aromatic carbocycles. The third kappa shape index (κ3) is 14.5. The van der Waals surface area contributed by atoms with Crippen LogP contribution in [0.15, 0.2) is 188 Å². The summed E-state index contributed by atoms with van der Waals surface area (Å²) in [5.41, 5.74) is 23.9. The van der Waals surface area contributed by atoms with Crippen molar-refractivity contribution >= 4 is 0 Å². The Labute approximate surface area is 471 Å². The Morgan fingerprint density at radius 2 is 0.756 bits per heavy atom. The third-order valence-corrected chi connectivity index (χ3v) is 17.6. The second-order valence-electron chi connectivity index (χ2n) is 25.8. The van der Waals surface area contributed by atoms with Gasteiger partial charge in [0.25, 0.3) is 0 Å². The van der Waals surface area contributed by atoms with Gasteiger partial charge in [0.1, 0.15) is 0 Å². The highest BCUT2D eigenvalue weighted by molar-refractivity contribution is 5.72. The summed E-state index contributed by atoms with van der Waals surface area (Å²) in [7, 11) is 0. The van der Waals surface area contributed by atoms with E-state index in [4.69, 9.17) is 0 Å². The van der Waals surface area contributed by atoms with Crippen molar-refractivity contribution in [1.29, 1.82) is 5.26 Å². The van der Waals surface area contributed by atoms with Gasteiger partial charge in [0.2, 0.25) is 0 Å². The van der Waals surface area contributed by atoms with E-state index in [1.54, 1.807) is 0 Å². The average Bonchev–Trinajstić information content (AvgIpc) is 4.25. The summed E-state index contributed by atoms with van der Waals surface area (Å²) in [6.07, 6.45) is 11.9. The van der Waals surface area contributed by atoms with E-state index in [1.807, 2.05) is 0 Å². The predicted molar refractivity (Wildman–Crippen MR) is 335 cm³/mol. The summed E-state index contributed by atoms with van der Waals surface area (Å²) in [5.74, 6) is 2.96. The van der Waals surface area contributed by atoms with Gasteiger partial charge < -0.3 is 0 Å². The van der Waals surface area contributed by atoms with Crippen LogP contribution < -0.4 is 0 Å². The molecule has 0 unspecified atom stereocenters. The Morgan fingerprint density at radius 3 is 1.09 bits per heavy atom. The first-order valence-electron chi connectivity index (χ1n) is 29.7. The van der Waals surface area contributed by atoms with Gasteiger partial charge in [-0.05, 0) is 199 Å². The molecule has 0 amide bonds. The molecule has 400 valence electrons. The van der Waals surface area contributed by atoms with Crippen molar-refractivity contribution < 1.29 is 0 Å². The quantitative estimate of drug-likeness (QED) is 0.113. The summed E-state index contributed by atoms with van der Waals surface area (Å²) in [5, 5.41) is 9.43. The van der Waals surface area contributed by atoms with Gasteiger partial charge in [-0.1, -0.05) is 258 Å². The van der Waals surface area contributed by atoms with Crippen LogP contribution in [0.25, 0.3) is 44.5 Å². The Bertz CT molecular complexity index is 3190. The highest BCUT2D eigenvalue weighted by atomic mass is 14.4. The number of nitriles is 1. The zero-order valence-electron chi connectivity index (χ0n) is 49.1. The van der Waals surface area contributed by atoms with Crippen LogP contribution in [-0.2, 0) is 17.3 Å². The molecule has 0 aromatic heterocycles. The van der Waals surface area contributed by atoms with Crippen LogP contribution >= 0.6 is 0 Å². The second-order valence-corrected chi connectivity index (χ2v) is 25.8. The summed E-state index contributed by atoms with van der Waals surface area (Å²) < 4.78 is 0. The fraction of sp³-hybridized carbons (Fsp3) is 0.364. The summed E-state index contributed by atoms with van der Waals surface area (Å²) in [6.45, 7) is 25.0. The minimum atomic E-state index is 0.471.